The van der Waals surface area contributed by atoms with Crippen LogP contribution in [0.15, 0.2) is 42.5 Å². The Morgan fingerprint density at radius 2 is 1.75 bits per heavy atom. The van der Waals surface area contributed by atoms with Crippen molar-refractivity contribution in [3.05, 3.63) is 59.2 Å². The van der Waals surface area contributed by atoms with Crippen molar-refractivity contribution in [1.29, 1.82) is 5.26 Å². The molecule has 1 saturated carbocycles. The molecular formula is C30H33N3O3. The van der Waals surface area contributed by atoms with Gasteiger partial charge in [-0.15, -0.1) is 0 Å². The lowest BCUT2D eigenvalue weighted by molar-refractivity contribution is -0.134. The third-order valence-corrected chi connectivity index (χ3v) is 9.53. The van der Waals surface area contributed by atoms with E-state index in [-0.39, 0.29) is 18.8 Å². The molecule has 1 amide bonds. The fourth-order valence-electron chi connectivity index (χ4n) is 8.13. The summed E-state index contributed by atoms with van der Waals surface area (Å²) in [5.41, 5.74) is 2.98. The Balaban J connectivity index is 1.27. The topological polar surface area (TPSA) is 65.8 Å². The normalized spacial score (nSPS) is 31.5. The number of carbonyl (C=O) groups is 1. The quantitative estimate of drug-likeness (QED) is 0.610. The zero-order valence-corrected chi connectivity index (χ0v) is 20.6. The van der Waals surface area contributed by atoms with Gasteiger partial charge in [-0.3, -0.25) is 9.69 Å². The van der Waals surface area contributed by atoms with Gasteiger partial charge in [-0.05, 0) is 73.5 Å². The van der Waals surface area contributed by atoms with E-state index in [9.17, 15) is 10.1 Å². The molecular weight excluding hydrogens is 450 g/mol. The minimum Gasteiger partial charge on any atom is -0.454 e. The number of nitrogens with zero attached hydrogens (tertiary/aromatic N) is 3. The van der Waals surface area contributed by atoms with Crippen LogP contribution in [0.3, 0.4) is 0 Å². The van der Waals surface area contributed by atoms with E-state index in [4.69, 9.17) is 9.47 Å². The molecule has 36 heavy (non-hydrogen) atoms. The van der Waals surface area contributed by atoms with E-state index >= 15 is 0 Å². The van der Waals surface area contributed by atoms with Crippen molar-refractivity contribution < 1.29 is 14.3 Å². The smallest absolute Gasteiger partial charge is 0.231 e. The van der Waals surface area contributed by atoms with E-state index in [1.54, 1.807) is 0 Å². The van der Waals surface area contributed by atoms with Gasteiger partial charge in [0, 0.05) is 30.6 Å². The molecule has 0 radical (unpaired) electrons. The zero-order valence-electron chi connectivity index (χ0n) is 20.6. The van der Waals surface area contributed by atoms with Crippen molar-refractivity contribution in [1.82, 2.24) is 9.80 Å². The Kier molecular flexibility index (Phi) is 5.43. The average molecular weight is 484 g/mol. The van der Waals surface area contributed by atoms with Gasteiger partial charge < -0.3 is 14.4 Å². The highest BCUT2D eigenvalue weighted by atomic mass is 16.7. The standard InChI is InChI=1S/C30H33N3O3/c31-16-19-8-11-22(12-9-19)29-27-26(23-7-4-14-32(23)29)28(21-5-2-1-3-6-21)33(30(27)34)17-20-10-13-24-25(15-20)36-18-35-24/h8-13,15,21,23,26-29H,1-7,14,17-18H2. The van der Waals surface area contributed by atoms with Gasteiger partial charge in [0.05, 0.1) is 17.6 Å². The van der Waals surface area contributed by atoms with Crippen LogP contribution in [0.5, 0.6) is 11.5 Å². The molecule has 0 bridgehead atoms. The summed E-state index contributed by atoms with van der Waals surface area (Å²) >= 11 is 0. The number of likely N-dealkylation sites (tertiary alicyclic amines) is 1. The molecule has 0 N–H and O–H groups in total. The van der Waals surface area contributed by atoms with Gasteiger partial charge in [0.1, 0.15) is 0 Å². The molecule has 5 atom stereocenters. The molecule has 0 spiro atoms. The average Bonchev–Trinajstić information content (AvgIpc) is 3.68. The molecule has 0 aromatic heterocycles. The lowest BCUT2D eigenvalue weighted by Gasteiger charge is -2.39. The van der Waals surface area contributed by atoms with Gasteiger partial charge in [-0.2, -0.15) is 5.26 Å². The third kappa shape index (κ3) is 3.43. The van der Waals surface area contributed by atoms with E-state index < -0.39 is 0 Å². The molecule has 5 unspecified atom stereocenters. The number of nitriles is 1. The lowest BCUT2D eigenvalue weighted by Crippen LogP contribution is -2.46. The molecule has 3 saturated heterocycles. The SMILES string of the molecule is N#Cc1ccc(C2C3C(=O)N(Cc4ccc5c(c4)OCO5)C(C4CCCCC4)C3C3CCCN32)cc1. The number of benzene rings is 2. The highest BCUT2D eigenvalue weighted by molar-refractivity contribution is 5.84. The summed E-state index contributed by atoms with van der Waals surface area (Å²) in [6.07, 6.45) is 8.71. The summed E-state index contributed by atoms with van der Waals surface area (Å²) in [5.74, 6) is 2.83. The molecule has 2 aromatic carbocycles. The van der Waals surface area contributed by atoms with E-state index in [1.807, 2.05) is 18.2 Å². The number of fused-ring (bicyclic) bond motifs is 4. The number of hydrogen-bond donors (Lipinski definition) is 0. The summed E-state index contributed by atoms with van der Waals surface area (Å²) in [4.78, 5) is 19.3. The van der Waals surface area contributed by atoms with Crippen LogP contribution in [0.2, 0.25) is 0 Å². The van der Waals surface area contributed by atoms with Gasteiger partial charge in [0.25, 0.3) is 0 Å². The first kappa shape index (κ1) is 22.2. The third-order valence-electron chi connectivity index (χ3n) is 9.53. The van der Waals surface area contributed by atoms with Crippen molar-refractivity contribution in [3.8, 4) is 17.6 Å². The predicted octanol–water partition coefficient (Wildman–Crippen LogP) is 5.03. The number of carbonyl (C=O) groups excluding carboxylic acids is 1. The van der Waals surface area contributed by atoms with Crippen molar-refractivity contribution >= 4 is 5.91 Å². The highest BCUT2D eigenvalue weighted by Crippen LogP contribution is 2.57. The second kappa shape index (κ2) is 8.81. The first-order valence-electron chi connectivity index (χ1n) is 13.7. The Bertz CT molecular complexity index is 1200. The van der Waals surface area contributed by atoms with Crippen LogP contribution in [0.25, 0.3) is 0 Å². The van der Waals surface area contributed by atoms with Crippen LogP contribution in [0.4, 0.5) is 0 Å². The van der Waals surface area contributed by atoms with Gasteiger partial charge in [-0.25, -0.2) is 0 Å². The Morgan fingerprint density at radius 1 is 0.944 bits per heavy atom. The van der Waals surface area contributed by atoms with Crippen LogP contribution in [0.1, 0.15) is 67.7 Å². The molecule has 2 aromatic rings. The van der Waals surface area contributed by atoms with Crippen LogP contribution in [0, 0.1) is 29.1 Å². The molecule has 1 aliphatic carbocycles. The van der Waals surface area contributed by atoms with E-state index in [0.717, 1.165) is 23.6 Å². The molecule has 186 valence electrons. The van der Waals surface area contributed by atoms with Gasteiger partial charge in [-0.1, -0.05) is 37.5 Å². The van der Waals surface area contributed by atoms with E-state index in [2.05, 4.69) is 40.1 Å². The summed E-state index contributed by atoms with van der Waals surface area (Å²) in [6.45, 7) is 1.96. The van der Waals surface area contributed by atoms with Gasteiger partial charge >= 0.3 is 0 Å². The molecule has 6 heteroatoms. The second-order valence-electron chi connectivity index (χ2n) is 11.3. The Morgan fingerprint density at radius 3 is 2.56 bits per heavy atom. The van der Waals surface area contributed by atoms with Crippen LogP contribution < -0.4 is 9.47 Å². The number of ether oxygens (including phenoxy) is 2. The van der Waals surface area contributed by atoms with Crippen molar-refractivity contribution in [3.63, 3.8) is 0 Å². The Hall–Kier alpha value is -3.04. The highest BCUT2D eigenvalue weighted by Gasteiger charge is 2.63. The summed E-state index contributed by atoms with van der Waals surface area (Å²) in [7, 11) is 0. The fraction of sp³-hybridized carbons (Fsp3) is 0.533. The van der Waals surface area contributed by atoms with Crippen molar-refractivity contribution in [2.24, 2.45) is 17.8 Å². The van der Waals surface area contributed by atoms with Crippen LogP contribution in [-0.4, -0.2) is 41.1 Å². The minimum atomic E-state index is -0.0100. The number of rotatable bonds is 4. The maximum atomic E-state index is 14.4. The predicted molar refractivity (Wildman–Crippen MR) is 134 cm³/mol. The molecule has 4 fully saturated rings. The van der Waals surface area contributed by atoms with Gasteiger partial charge in [0.15, 0.2) is 11.5 Å². The molecule has 6 nitrogen and oxygen atoms in total. The first-order chi connectivity index (χ1) is 17.7. The molecule has 4 heterocycles. The monoisotopic (exact) mass is 483 g/mol. The summed E-state index contributed by atoms with van der Waals surface area (Å²) < 4.78 is 11.2. The summed E-state index contributed by atoms with van der Waals surface area (Å²) in [5, 5.41) is 9.31. The first-order valence-corrected chi connectivity index (χ1v) is 13.7. The largest absolute Gasteiger partial charge is 0.454 e. The molecule has 5 aliphatic rings. The van der Waals surface area contributed by atoms with Gasteiger partial charge in [0.2, 0.25) is 12.7 Å². The molecule has 4 aliphatic heterocycles. The van der Waals surface area contributed by atoms with Crippen molar-refractivity contribution in [2.45, 2.75) is 69.6 Å². The number of amides is 1. The van der Waals surface area contributed by atoms with Crippen LogP contribution >= 0.6 is 0 Å². The number of hydrogen-bond acceptors (Lipinski definition) is 5. The second-order valence-corrected chi connectivity index (χ2v) is 11.3. The maximum absolute atomic E-state index is 14.4. The molecule has 7 rings (SSSR count). The fourth-order valence-corrected chi connectivity index (χ4v) is 8.13. The van der Waals surface area contributed by atoms with Crippen molar-refractivity contribution in [2.75, 3.05) is 13.3 Å². The minimum absolute atomic E-state index is 0.0100. The summed E-state index contributed by atoms with van der Waals surface area (Å²) in [6, 6.07) is 17.2. The Labute approximate surface area is 212 Å². The van der Waals surface area contributed by atoms with E-state index in [0.29, 0.717) is 41.9 Å². The maximum Gasteiger partial charge on any atom is 0.231 e. The zero-order chi connectivity index (χ0) is 24.2. The van der Waals surface area contributed by atoms with E-state index in [1.165, 1.54) is 50.5 Å². The van der Waals surface area contributed by atoms with Crippen LogP contribution in [-0.2, 0) is 11.3 Å². The lowest BCUT2D eigenvalue weighted by atomic mass is 9.74.